The summed E-state index contributed by atoms with van der Waals surface area (Å²) in [7, 11) is 0. The maximum absolute atomic E-state index is 12.5. The van der Waals surface area contributed by atoms with Gasteiger partial charge in [-0.25, -0.2) is 0 Å². The van der Waals surface area contributed by atoms with Crippen LogP contribution in [0.1, 0.15) is 48.1 Å². The van der Waals surface area contributed by atoms with E-state index in [1.807, 2.05) is 30.3 Å². The van der Waals surface area contributed by atoms with Crippen molar-refractivity contribution < 1.29 is 9.53 Å². The smallest absolute Gasteiger partial charge is 0.220 e. The van der Waals surface area contributed by atoms with Crippen molar-refractivity contribution in [2.75, 3.05) is 6.54 Å². The Kier molecular flexibility index (Phi) is 6.10. The number of nitrogens with two attached hydrogens (primary N) is 1. The monoisotopic (exact) mass is 414 g/mol. The summed E-state index contributed by atoms with van der Waals surface area (Å²) in [5.74, 6) is 1.85. The second-order valence-electron chi connectivity index (χ2n) is 8.62. The van der Waals surface area contributed by atoms with E-state index in [-0.39, 0.29) is 11.3 Å². The summed E-state index contributed by atoms with van der Waals surface area (Å²) in [5, 5.41) is 3.01. The van der Waals surface area contributed by atoms with Gasteiger partial charge < -0.3 is 15.8 Å². The van der Waals surface area contributed by atoms with E-state index < -0.39 is 0 Å². The molecule has 31 heavy (non-hydrogen) atoms. The largest absolute Gasteiger partial charge is 0.456 e. The maximum Gasteiger partial charge on any atom is 0.220 e. The third-order valence-electron chi connectivity index (χ3n) is 6.11. The van der Waals surface area contributed by atoms with Crippen LogP contribution in [0.3, 0.4) is 0 Å². The van der Waals surface area contributed by atoms with Gasteiger partial charge in [-0.1, -0.05) is 80.6 Å². The lowest BCUT2D eigenvalue weighted by Gasteiger charge is -2.36. The van der Waals surface area contributed by atoms with Crippen molar-refractivity contribution in [1.29, 1.82) is 0 Å². The van der Waals surface area contributed by atoms with Crippen molar-refractivity contribution in [2.45, 2.75) is 45.1 Å². The fourth-order valence-corrected chi connectivity index (χ4v) is 4.32. The minimum atomic E-state index is -0.181. The Morgan fingerprint density at radius 3 is 2.10 bits per heavy atom. The second-order valence-corrected chi connectivity index (χ2v) is 8.62. The Hall–Kier alpha value is -3.11. The first-order valence-electron chi connectivity index (χ1n) is 10.9. The van der Waals surface area contributed by atoms with Crippen LogP contribution in [0.25, 0.3) is 0 Å². The molecule has 0 unspecified atom stereocenters. The van der Waals surface area contributed by atoms with Gasteiger partial charge in [0.15, 0.2) is 0 Å². The van der Waals surface area contributed by atoms with Gasteiger partial charge in [0.25, 0.3) is 0 Å². The van der Waals surface area contributed by atoms with Crippen molar-refractivity contribution >= 4 is 5.91 Å². The predicted molar refractivity (Wildman–Crippen MR) is 124 cm³/mol. The highest BCUT2D eigenvalue weighted by Gasteiger charge is 2.36. The van der Waals surface area contributed by atoms with Gasteiger partial charge in [0.2, 0.25) is 5.91 Å². The van der Waals surface area contributed by atoms with Crippen molar-refractivity contribution in [3.05, 3.63) is 94.5 Å². The van der Waals surface area contributed by atoms with Crippen LogP contribution < -0.4 is 15.8 Å². The van der Waals surface area contributed by atoms with Gasteiger partial charge in [-0.05, 0) is 36.1 Å². The van der Waals surface area contributed by atoms with E-state index >= 15 is 0 Å². The number of para-hydroxylation sites is 2. The Morgan fingerprint density at radius 1 is 0.871 bits per heavy atom. The van der Waals surface area contributed by atoms with Gasteiger partial charge in [-0.15, -0.1) is 0 Å². The molecule has 3 N–H and O–H groups in total. The van der Waals surface area contributed by atoms with Crippen LogP contribution in [0.5, 0.6) is 11.5 Å². The summed E-state index contributed by atoms with van der Waals surface area (Å²) in [4.78, 5) is 12.5. The van der Waals surface area contributed by atoms with E-state index in [0.29, 0.717) is 25.9 Å². The average Bonchev–Trinajstić information content (AvgIpc) is 2.78. The number of benzene rings is 3. The van der Waals surface area contributed by atoms with Gasteiger partial charge >= 0.3 is 0 Å². The lowest BCUT2D eigenvalue weighted by molar-refractivity contribution is -0.121. The number of carbonyl (C=O) groups is 1. The molecule has 3 aromatic rings. The Balaban J connectivity index is 1.53. The molecule has 0 aromatic heterocycles. The summed E-state index contributed by atoms with van der Waals surface area (Å²) in [6.07, 6.45) is 1.83. The molecule has 4 heteroatoms. The first kappa shape index (κ1) is 21.1. The number of fused-ring (bicyclic) bond motifs is 2. The zero-order chi connectivity index (χ0) is 21.8. The molecule has 0 saturated carbocycles. The molecular weight excluding hydrogens is 384 g/mol. The Morgan fingerprint density at radius 2 is 1.48 bits per heavy atom. The molecule has 0 aliphatic carbocycles. The van der Waals surface area contributed by atoms with Crippen LogP contribution in [0, 0.1) is 0 Å². The first-order valence-corrected chi connectivity index (χ1v) is 10.9. The van der Waals surface area contributed by atoms with E-state index in [9.17, 15) is 4.79 Å². The average molecular weight is 415 g/mol. The molecule has 4 rings (SSSR count). The van der Waals surface area contributed by atoms with Crippen LogP contribution in [0.4, 0.5) is 0 Å². The number of aryl methyl sites for hydroxylation is 1. The minimum absolute atomic E-state index is 0.0424. The van der Waals surface area contributed by atoms with Crippen molar-refractivity contribution in [3.8, 4) is 11.5 Å². The number of ether oxygens (including phenoxy) is 1. The normalized spacial score (nSPS) is 13.6. The second kappa shape index (κ2) is 8.94. The predicted octanol–water partition coefficient (Wildman–Crippen LogP) is 4.87. The topological polar surface area (TPSA) is 64.3 Å². The third kappa shape index (κ3) is 4.35. The molecule has 4 nitrogen and oxygen atoms in total. The molecule has 0 fully saturated rings. The zero-order valence-electron chi connectivity index (χ0n) is 18.3. The van der Waals surface area contributed by atoms with E-state index in [2.05, 4.69) is 55.6 Å². The van der Waals surface area contributed by atoms with Crippen LogP contribution in [0.2, 0.25) is 0 Å². The molecule has 0 radical (unpaired) electrons. The van der Waals surface area contributed by atoms with Crippen molar-refractivity contribution in [1.82, 2.24) is 5.32 Å². The standard InChI is InChI=1S/C27H30N2O2/c1-27(2)22-12-6-10-20(14-15-24(30)29-18-19-8-4-3-5-9-19)25(22)31-26-21(16-17-28)11-7-13-23(26)27/h3-13H,14-18,28H2,1-2H3,(H,29,30). The van der Waals surface area contributed by atoms with Crippen LogP contribution >= 0.6 is 0 Å². The molecule has 0 spiro atoms. The highest BCUT2D eigenvalue weighted by Crippen LogP contribution is 2.50. The van der Waals surface area contributed by atoms with Crippen molar-refractivity contribution in [3.63, 3.8) is 0 Å². The van der Waals surface area contributed by atoms with Crippen LogP contribution in [-0.2, 0) is 29.6 Å². The summed E-state index contributed by atoms with van der Waals surface area (Å²) in [6.45, 7) is 5.59. The van der Waals surface area contributed by atoms with Gasteiger partial charge in [0.05, 0.1) is 0 Å². The molecule has 160 valence electrons. The van der Waals surface area contributed by atoms with Gasteiger partial charge in [-0.2, -0.15) is 0 Å². The minimum Gasteiger partial charge on any atom is -0.456 e. The molecule has 1 amide bonds. The molecular formula is C27H30N2O2. The molecule has 1 aliphatic rings. The van der Waals surface area contributed by atoms with E-state index in [1.165, 1.54) is 5.56 Å². The lowest BCUT2D eigenvalue weighted by atomic mass is 9.74. The molecule has 0 saturated heterocycles. The van der Waals surface area contributed by atoms with Crippen LogP contribution in [0.15, 0.2) is 66.7 Å². The van der Waals surface area contributed by atoms with Gasteiger partial charge in [-0.3, -0.25) is 4.79 Å². The third-order valence-corrected chi connectivity index (χ3v) is 6.11. The fraction of sp³-hybridized carbons (Fsp3) is 0.296. The quantitative estimate of drug-likeness (QED) is 0.580. The van der Waals surface area contributed by atoms with Gasteiger partial charge in [0.1, 0.15) is 11.5 Å². The number of carbonyl (C=O) groups excluding carboxylic acids is 1. The molecule has 0 bridgehead atoms. The number of amides is 1. The molecule has 1 heterocycles. The summed E-state index contributed by atoms with van der Waals surface area (Å²) in [5.41, 5.74) is 11.3. The SMILES string of the molecule is CC1(C)c2cccc(CCN)c2Oc2c(CCC(=O)NCc3ccccc3)cccc21. The Labute approximate surface area is 184 Å². The number of rotatable bonds is 7. The summed E-state index contributed by atoms with van der Waals surface area (Å²) in [6, 6.07) is 22.5. The lowest BCUT2D eigenvalue weighted by Crippen LogP contribution is -2.26. The van der Waals surface area contributed by atoms with Gasteiger partial charge in [0, 0.05) is 29.5 Å². The molecule has 1 aliphatic heterocycles. The van der Waals surface area contributed by atoms with E-state index in [0.717, 1.165) is 40.2 Å². The maximum atomic E-state index is 12.5. The fourth-order valence-electron chi connectivity index (χ4n) is 4.32. The summed E-state index contributed by atoms with van der Waals surface area (Å²) >= 11 is 0. The Bertz CT molecular complexity index is 1070. The van der Waals surface area contributed by atoms with E-state index in [4.69, 9.17) is 10.5 Å². The first-order chi connectivity index (χ1) is 15.0. The summed E-state index contributed by atoms with van der Waals surface area (Å²) < 4.78 is 6.50. The molecule has 0 atom stereocenters. The number of hydrogen-bond donors (Lipinski definition) is 2. The van der Waals surface area contributed by atoms with Crippen molar-refractivity contribution in [2.24, 2.45) is 5.73 Å². The number of hydrogen-bond acceptors (Lipinski definition) is 3. The highest BCUT2D eigenvalue weighted by atomic mass is 16.5. The zero-order valence-corrected chi connectivity index (χ0v) is 18.3. The highest BCUT2D eigenvalue weighted by molar-refractivity contribution is 5.76. The van der Waals surface area contributed by atoms with Crippen LogP contribution in [-0.4, -0.2) is 12.5 Å². The number of nitrogens with one attached hydrogen (secondary N) is 1. The molecule has 3 aromatic carbocycles. The van der Waals surface area contributed by atoms with E-state index in [1.54, 1.807) is 0 Å².